The van der Waals surface area contributed by atoms with Crippen LogP contribution in [0.3, 0.4) is 0 Å². The van der Waals surface area contributed by atoms with E-state index in [4.69, 9.17) is 11.6 Å². The molecule has 18 heavy (non-hydrogen) atoms. The number of aromatic hydroxyl groups is 1. The Kier molecular flexibility index (Phi) is 4.00. The minimum absolute atomic E-state index is 0.443. The van der Waals surface area contributed by atoms with Crippen LogP contribution in [0.15, 0.2) is 12.1 Å². The number of nitro benzene ring substituents is 2. The van der Waals surface area contributed by atoms with Gasteiger partial charge in [-0.2, -0.15) is 0 Å². The molecule has 0 bridgehead atoms. The maximum atomic E-state index is 11.0. The molecule has 1 amide bonds. The topological polar surface area (TPSA) is 136 Å². The zero-order chi connectivity index (χ0) is 13.9. The number of phenolic OH excluding ortho intramolecular Hbond substituents is 1. The molecule has 9 nitrogen and oxygen atoms in total. The van der Waals surface area contributed by atoms with Crippen molar-refractivity contribution in [2.45, 2.75) is 0 Å². The fourth-order valence-electron chi connectivity index (χ4n) is 1.13. The third-order valence-corrected chi connectivity index (χ3v) is 2.12. The van der Waals surface area contributed by atoms with E-state index in [1.165, 1.54) is 0 Å². The number of nitrogens with one attached hydrogen (secondary N) is 1. The average molecular weight is 276 g/mol. The number of carbonyl (C=O) groups is 1. The monoisotopic (exact) mass is 275 g/mol. The van der Waals surface area contributed by atoms with Crippen molar-refractivity contribution in [1.29, 1.82) is 0 Å². The maximum Gasteiger partial charge on any atom is 0.319 e. The minimum atomic E-state index is -1.00. The molecular weight excluding hydrogens is 270 g/mol. The van der Waals surface area contributed by atoms with Gasteiger partial charge < -0.3 is 10.4 Å². The smallest absolute Gasteiger partial charge is 0.319 e. The molecule has 10 heteroatoms. The highest BCUT2D eigenvalue weighted by Gasteiger charge is 2.24. The Balaban J connectivity index is 3.35. The normalized spacial score (nSPS) is 9.83. The number of halogens is 1. The fourth-order valence-corrected chi connectivity index (χ4v) is 1.19. The van der Waals surface area contributed by atoms with Gasteiger partial charge >= 0.3 is 5.69 Å². The summed E-state index contributed by atoms with van der Waals surface area (Å²) in [7, 11) is 0. The van der Waals surface area contributed by atoms with Gasteiger partial charge in [0.25, 0.3) is 5.69 Å². The number of hydrogen-bond acceptors (Lipinski definition) is 6. The van der Waals surface area contributed by atoms with E-state index in [1.807, 2.05) is 5.32 Å². The number of non-ortho nitro benzene ring substituents is 1. The highest BCUT2D eigenvalue weighted by atomic mass is 35.5. The third-order valence-electron chi connectivity index (χ3n) is 1.88. The molecule has 0 fully saturated rings. The van der Waals surface area contributed by atoms with Crippen LogP contribution in [0.25, 0.3) is 0 Å². The number of rotatable bonds is 4. The van der Waals surface area contributed by atoms with Crippen LogP contribution in [0.4, 0.5) is 17.1 Å². The van der Waals surface area contributed by atoms with E-state index >= 15 is 0 Å². The molecule has 96 valence electrons. The summed E-state index contributed by atoms with van der Waals surface area (Å²) in [6, 6.07) is 1.39. The quantitative estimate of drug-likeness (QED) is 0.369. The molecule has 0 saturated carbocycles. The number of alkyl halides is 1. The van der Waals surface area contributed by atoms with Gasteiger partial charge in [-0.15, -0.1) is 11.6 Å². The SMILES string of the molecule is O=C(CCl)Nc1cc([N+](=O)[O-])cc([N+](=O)[O-])c1O. The zero-order valence-electron chi connectivity index (χ0n) is 8.62. The number of nitrogens with zero attached hydrogens (tertiary/aromatic N) is 2. The molecule has 2 N–H and O–H groups in total. The molecular formula is C8H6ClN3O6. The molecule has 0 aromatic heterocycles. The van der Waals surface area contributed by atoms with Gasteiger partial charge in [0.2, 0.25) is 11.7 Å². The number of anilines is 1. The Hall–Kier alpha value is -2.42. The van der Waals surface area contributed by atoms with Gasteiger partial charge in [-0.3, -0.25) is 25.0 Å². The lowest BCUT2D eigenvalue weighted by Gasteiger charge is -2.05. The Morgan fingerprint density at radius 2 is 1.94 bits per heavy atom. The summed E-state index contributed by atoms with van der Waals surface area (Å²) >= 11 is 5.20. The number of nitro groups is 2. The van der Waals surface area contributed by atoms with E-state index in [0.717, 1.165) is 6.07 Å². The van der Waals surface area contributed by atoms with Crippen molar-refractivity contribution in [2.75, 3.05) is 11.2 Å². The second-order valence-electron chi connectivity index (χ2n) is 3.06. The van der Waals surface area contributed by atoms with E-state index in [0.29, 0.717) is 6.07 Å². The Bertz CT molecular complexity index is 532. The van der Waals surface area contributed by atoms with Crippen LogP contribution < -0.4 is 5.32 Å². The molecule has 1 aromatic carbocycles. The second-order valence-corrected chi connectivity index (χ2v) is 3.32. The minimum Gasteiger partial charge on any atom is -0.501 e. The van der Waals surface area contributed by atoms with Crippen LogP contribution in [0, 0.1) is 20.2 Å². The molecule has 1 rings (SSSR count). The lowest BCUT2D eigenvalue weighted by molar-refractivity contribution is -0.394. The molecule has 0 aliphatic heterocycles. The molecule has 1 aromatic rings. The van der Waals surface area contributed by atoms with Crippen LogP contribution >= 0.6 is 11.6 Å². The number of hydrogen-bond donors (Lipinski definition) is 2. The lowest BCUT2D eigenvalue weighted by atomic mass is 10.2. The van der Waals surface area contributed by atoms with Crippen molar-refractivity contribution >= 4 is 34.6 Å². The third kappa shape index (κ3) is 2.83. The first kappa shape index (κ1) is 13.6. The summed E-state index contributed by atoms with van der Waals surface area (Å²) in [5.41, 5.74) is -1.96. The van der Waals surface area contributed by atoms with Crippen molar-refractivity contribution in [3.05, 3.63) is 32.4 Å². The number of carbonyl (C=O) groups excluding carboxylic acids is 1. The predicted molar refractivity (Wildman–Crippen MR) is 60.8 cm³/mol. The molecule has 0 spiro atoms. The molecule has 0 atom stereocenters. The number of benzene rings is 1. The van der Waals surface area contributed by atoms with Gasteiger partial charge in [-0.05, 0) is 0 Å². The van der Waals surface area contributed by atoms with Crippen LogP contribution in [-0.4, -0.2) is 26.7 Å². The Morgan fingerprint density at radius 1 is 1.33 bits per heavy atom. The van der Waals surface area contributed by atoms with Crippen LogP contribution in [0.1, 0.15) is 0 Å². The number of phenols is 1. The van der Waals surface area contributed by atoms with Crippen molar-refractivity contribution < 1.29 is 19.7 Å². The van der Waals surface area contributed by atoms with Gasteiger partial charge in [0, 0.05) is 6.07 Å². The van der Waals surface area contributed by atoms with Crippen LogP contribution in [0.2, 0.25) is 0 Å². The molecule has 0 saturated heterocycles. The maximum absolute atomic E-state index is 11.0. The summed E-state index contributed by atoms with van der Waals surface area (Å²) in [4.78, 5) is 30.3. The Labute approximate surface area is 104 Å². The first-order valence-corrected chi connectivity index (χ1v) is 4.92. The summed E-state index contributed by atoms with van der Waals surface area (Å²) < 4.78 is 0. The Morgan fingerprint density at radius 3 is 2.39 bits per heavy atom. The average Bonchev–Trinajstić information content (AvgIpc) is 2.30. The first-order chi connectivity index (χ1) is 8.36. The van der Waals surface area contributed by atoms with Crippen LogP contribution in [0.5, 0.6) is 5.75 Å². The first-order valence-electron chi connectivity index (χ1n) is 4.38. The molecule has 0 aliphatic rings. The van der Waals surface area contributed by atoms with Gasteiger partial charge in [0.05, 0.1) is 21.6 Å². The highest BCUT2D eigenvalue weighted by Crippen LogP contribution is 2.37. The van der Waals surface area contributed by atoms with E-state index in [1.54, 1.807) is 0 Å². The van der Waals surface area contributed by atoms with Crippen LogP contribution in [-0.2, 0) is 4.79 Å². The van der Waals surface area contributed by atoms with E-state index in [9.17, 15) is 30.1 Å². The van der Waals surface area contributed by atoms with Gasteiger partial charge in [-0.1, -0.05) is 0 Å². The zero-order valence-corrected chi connectivity index (χ0v) is 9.38. The predicted octanol–water partition coefficient (Wildman–Crippen LogP) is 1.39. The molecule has 0 aliphatic carbocycles. The fraction of sp³-hybridized carbons (Fsp3) is 0.125. The van der Waals surface area contributed by atoms with Crippen molar-refractivity contribution in [1.82, 2.24) is 0 Å². The summed E-state index contributed by atoms with van der Waals surface area (Å²) in [5.74, 6) is -2.10. The molecule has 0 heterocycles. The van der Waals surface area contributed by atoms with Crippen molar-refractivity contribution in [3.63, 3.8) is 0 Å². The lowest BCUT2D eigenvalue weighted by Crippen LogP contribution is -2.13. The highest BCUT2D eigenvalue weighted by molar-refractivity contribution is 6.29. The summed E-state index contributed by atoms with van der Waals surface area (Å²) in [6.07, 6.45) is 0. The van der Waals surface area contributed by atoms with Gasteiger partial charge in [0.15, 0.2) is 0 Å². The summed E-state index contributed by atoms with van der Waals surface area (Å²) in [6.45, 7) is 0. The van der Waals surface area contributed by atoms with E-state index in [-0.39, 0.29) is 0 Å². The van der Waals surface area contributed by atoms with E-state index in [2.05, 4.69) is 0 Å². The molecule has 0 radical (unpaired) electrons. The largest absolute Gasteiger partial charge is 0.501 e. The standard InChI is InChI=1S/C8H6ClN3O6/c9-3-7(13)10-5-1-4(11(15)16)2-6(8(5)14)12(17)18/h1-2,14H,3H2,(H,10,13). The van der Waals surface area contributed by atoms with Crippen molar-refractivity contribution in [3.8, 4) is 5.75 Å². The number of amides is 1. The van der Waals surface area contributed by atoms with E-state index < -0.39 is 44.4 Å². The molecule has 0 unspecified atom stereocenters. The van der Waals surface area contributed by atoms with Gasteiger partial charge in [0.1, 0.15) is 5.88 Å². The second kappa shape index (κ2) is 5.27. The summed E-state index contributed by atoms with van der Waals surface area (Å²) in [5, 5.41) is 32.7. The van der Waals surface area contributed by atoms with Crippen molar-refractivity contribution in [2.24, 2.45) is 0 Å². The van der Waals surface area contributed by atoms with Gasteiger partial charge in [-0.25, -0.2) is 0 Å².